The zero-order valence-electron chi connectivity index (χ0n) is 17.2. The van der Waals surface area contributed by atoms with Gasteiger partial charge in [0.2, 0.25) is 5.91 Å². The summed E-state index contributed by atoms with van der Waals surface area (Å²) in [5.74, 6) is 0.0438. The molecule has 0 aromatic heterocycles. The summed E-state index contributed by atoms with van der Waals surface area (Å²) >= 11 is 0. The average Bonchev–Trinajstić information content (AvgIpc) is 2.71. The van der Waals surface area contributed by atoms with Gasteiger partial charge in [-0.05, 0) is 56.7 Å². The van der Waals surface area contributed by atoms with E-state index < -0.39 is 0 Å². The van der Waals surface area contributed by atoms with E-state index in [0.29, 0.717) is 13.0 Å². The van der Waals surface area contributed by atoms with Crippen LogP contribution in [-0.2, 0) is 9.53 Å². The molecule has 1 N–H and O–H groups in total. The number of carbonyl (C=O) groups is 1. The Morgan fingerprint density at radius 1 is 1.11 bits per heavy atom. The highest BCUT2D eigenvalue weighted by Gasteiger charge is 2.12. The first-order chi connectivity index (χ1) is 13.6. The second-order valence-electron chi connectivity index (χ2n) is 7.31. The van der Waals surface area contributed by atoms with E-state index in [2.05, 4.69) is 66.2 Å². The summed E-state index contributed by atoms with van der Waals surface area (Å²) in [4.78, 5) is 17.0. The second kappa shape index (κ2) is 9.60. The minimum atomic E-state index is 0.0438. The summed E-state index contributed by atoms with van der Waals surface area (Å²) in [6, 6.07) is 14.5. The molecule has 5 heteroatoms. The third kappa shape index (κ3) is 5.26. The topological polar surface area (TPSA) is 44.8 Å². The summed E-state index contributed by atoms with van der Waals surface area (Å²) in [6.45, 7) is 11.3. The van der Waals surface area contributed by atoms with Crippen molar-refractivity contribution in [1.29, 1.82) is 0 Å². The zero-order valence-corrected chi connectivity index (χ0v) is 17.2. The zero-order chi connectivity index (χ0) is 19.9. The lowest BCUT2D eigenvalue weighted by Crippen LogP contribution is -2.36. The van der Waals surface area contributed by atoms with Gasteiger partial charge in [0.15, 0.2) is 0 Å². The maximum atomic E-state index is 12.4. The van der Waals surface area contributed by atoms with Gasteiger partial charge in [0, 0.05) is 49.7 Å². The highest BCUT2D eigenvalue weighted by Crippen LogP contribution is 2.22. The quantitative estimate of drug-likeness (QED) is 0.788. The van der Waals surface area contributed by atoms with Crippen LogP contribution in [0.15, 0.2) is 42.5 Å². The standard InChI is InChI=1S/C23H31N3O2/c1-4-25(22-10-5-18(2)17-19(22)3)12-11-23(27)24-20-6-8-21(9-7-20)26-13-15-28-16-14-26/h5-10,17H,4,11-16H2,1-3H3,(H,24,27). The fraction of sp³-hybridized carbons (Fsp3) is 0.435. The van der Waals surface area contributed by atoms with Crippen molar-refractivity contribution in [3.05, 3.63) is 53.6 Å². The molecule has 0 bridgehead atoms. The molecule has 1 fully saturated rings. The molecule has 1 aliphatic rings. The van der Waals surface area contributed by atoms with Crippen molar-refractivity contribution in [2.75, 3.05) is 54.5 Å². The minimum absolute atomic E-state index is 0.0438. The van der Waals surface area contributed by atoms with Gasteiger partial charge in [-0.2, -0.15) is 0 Å². The highest BCUT2D eigenvalue weighted by molar-refractivity contribution is 5.91. The van der Waals surface area contributed by atoms with Crippen LogP contribution < -0.4 is 15.1 Å². The van der Waals surface area contributed by atoms with Gasteiger partial charge in [-0.3, -0.25) is 4.79 Å². The third-order valence-corrected chi connectivity index (χ3v) is 5.21. The number of anilines is 3. The molecule has 0 saturated carbocycles. The van der Waals surface area contributed by atoms with Crippen LogP contribution in [0.5, 0.6) is 0 Å². The number of aryl methyl sites for hydroxylation is 2. The van der Waals surface area contributed by atoms with E-state index in [1.54, 1.807) is 0 Å². The first-order valence-corrected chi connectivity index (χ1v) is 10.1. The molecule has 0 radical (unpaired) electrons. The summed E-state index contributed by atoms with van der Waals surface area (Å²) < 4.78 is 5.40. The first-order valence-electron chi connectivity index (χ1n) is 10.1. The summed E-state index contributed by atoms with van der Waals surface area (Å²) in [5, 5.41) is 3.02. The Hall–Kier alpha value is -2.53. The van der Waals surface area contributed by atoms with Crippen molar-refractivity contribution in [3.8, 4) is 0 Å². The second-order valence-corrected chi connectivity index (χ2v) is 7.31. The summed E-state index contributed by atoms with van der Waals surface area (Å²) in [7, 11) is 0. The Kier molecular flexibility index (Phi) is 6.93. The number of ether oxygens (including phenoxy) is 1. The van der Waals surface area contributed by atoms with Crippen molar-refractivity contribution in [1.82, 2.24) is 0 Å². The summed E-state index contributed by atoms with van der Waals surface area (Å²) in [6.07, 6.45) is 0.465. The van der Waals surface area contributed by atoms with E-state index in [1.165, 1.54) is 22.5 Å². The van der Waals surface area contributed by atoms with Crippen LogP contribution >= 0.6 is 0 Å². The number of carbonyl (C=O) groups excluding carboxylic acids is 1. The van der Waals surface area contributed by atoms with Crippen molar-refractivity contribution < 1.29 is 9.53 Å². The smallest absolute Gasteiger partial charge is 0.226 e. The molecule has 0 aliphatic carbocycles. The molecule has 1 amide bonds. The number of amides is 1. The molecule has 150 valence electrons. The van der Waals surface area contributed by atoms with Crippen LogP contribution in [0.2, 0.25) is 0 Å². The van der Waals surface area contributed by atoms with Gasteiger partial charge in [0.25, 0.3) is 0 Å². The van der Waals surface area contributed by atoms with E-state index in [9.17, 15) is 4.79 Å². The number of hydrogen-bond acceptors (Lipinski definition) is 4. The van der Waals surface area contributed by atoms with E-state index in [1.807, 2.05) is 12.1 Å². The van der Waals surface area contributed by atoms with Crippen LogP contribution in [0.25, 0.3) is 0 Å². The average molecular weight is 382 g/mol. The number of rotatable bonds is 7. The maximum absolute atomic E-state index is 12.4. The Balaban J connectivity index is 1.53. The van der Waals surface area contributed by atoms with Gasteiger partial charge in [0.1, 0.15) is 0 Å². The lowest BCUT2D eigenvalue weighted by atomic mass is 10.1. The molecule has 1 aliphatic heterocycles. The Morgan fingerprint density at radius 2 is 1.82 bits per heavy atom. The maximum Gasteiger partial charge on any atom is 0.226 e. The molecule has 2 aromatic rings. The first kappa shape index (κ1) is 20.2. The molecule has 3 rings (SSSR count). The molecular formula is C23H31N3O2. The SMILES string of the molecule is CCN(CCC(=O)Nc1ccc(N2CCOCC2)cc1)c1ccc(C)cc1C. The van der Waals surface area contributed by atoms with Gasteiger partial charge >= 0.3 is 0 Å². The monoisotopic (exact) mass is 381 g/mol. The lowest BCUT2D eigenvalue weighted by Gasteiger charge is -2.29. The van der Waals surface area contributed by atoms with Crippen LogP contribution in [-0.4, -0.2) is 45.3 Å². The van der Waals surface area contributed by atoms with Gasteiger partial charge in [-0.25, -0.2) is 0 Å². The van der Waals surface area contributed by atoms with Gasteiger partial charge < -0.3 is 19.9 Å². The van der Waals surface area contributed by atoms with Crippen LogP contribution in [0, 0.1) is 13.8 Å². The van der Waals surface area contributed by atoms with Crippen molar-refractivity contribution in [2.24, 2.45) is 0 Å². The van der Waals surface area contributed by atoms with Gasteiger partial charge in [0.05, 0.1) is 13.2 Å². The number of nitrogens with one attached hydrogen (secondary N) is 1. The normalized spacial score (nSPS) is 14.0. The van der Waals surface area contributed by atoms with Crippen molar-refractivity contribution >= 4 is 23.0 Å². The number of nitrogens with zero attached hydrogens (tertiary/aromatic N) is 2. The van der Waals surface area contributed by atoms with Gasteiger partial charge in [-0.15, -0.1) is 0 Å². The van der Waals surface area contributed by atoms with E-state index >= 15 is 0 Å². The van der Waals surface area contributed by atoms with E-state index in [-0.39, 0.29) is 5.91 Å². The van der Waals surface area contributed by atoms with Crippen molar-refractivity contribution in [2.45, 2.75) is 27.2 Å². The van der Waals surface area contributed by atoms with Gasteiger partial charge in [-0.1, -0.05) is 17.7 Å². The molecule has 28 heavy (non-hydrogen) atoms. The lowest BCUT2D eigenvalue weighted by molar-refractivity contribution is -0.116. The third-order valence-electron chi connectivity index (χ3n) is 5.21. The van der Waals surface area contributed by atoms with Crippen LogP contribution in [0.3, 0.4) is 0 Å². The number of benzene rings is 2. The Bertz CT molecular complexity index is 783. The fourth-order valence-corrected chi connectivity index (χ4v) is 3.65. The predicted octanol–water partition coefficient (Wildman–Crippen LogP) is 4.00. The molecule has 1 saturated heterocycles. The minimum Gasteiger partial charge on any atom is -0.378 e. The largest absolute Gasteiger partial charge is 0.378 e. The van der Waals surface area contributed by atoms with E-state index in [4.69, 9.17) is 4.74 Å². The summed E-state index contributed by atoms with van der Waals surface area (Å²) in [5.41, 5.74) is 5.73. The Labute approximate surface area is 168 Å². The number of morpholine rings is 1. The molecule has 2 aromatic carbocycles. The van der Waals surface area contributed by atoms with Crippen LogP contribution in [0.1, 0.15) is 24.5 Å². The molecule has 1 heterocycles. The molecule has 0 unspecified atom stereocenters. The van der Waals surface area contributed by atoms with Crippen LogP contribution in [0.4, 0.5) is 17.1 Å². The van der Waals surface area contributed by atoms with E-state index in [0.717, 1.165) is 38.5 Å². The van der Waals surface area contributed by atoms with Crippen molar-refractivity contribution in [3.63, 3.8) is 0 Å². The Morgan fingerprint density at radius 3 is 2.46 bits per heavy atom. The predicted molar refractivity (Wildman–Crippen MR) is 117 cm³/mol. The fourth-order valence-electron chi connectivity index (χ4n) is 3.65. The highest BCUT2D eigenvalue weighted by atomic mass is 16.5. The molecule has 5 nitrogen and oxygen atoms in total. The number of hydrogen-bond donors (Lipinski definition) is 1. The molecule has 0 atom stereocenters. The molecule has 0 spiro atoms. The molecular weight excluding hydrogens is 350 g/mol.